The highest BCUT2D eigenvalue weighted by Crippen LogP contribution is 2.77. The quantitative estimate of drug-likeness (QED) is 0.282. The van der Waals surface area contributed by atoms with Gasteiger partial charge in [0.15, 0.2) is 45.1 Å². The summed E-state index contributed by atoms with van der Waals surface area (Å²) >= 11 is 0. The van der Waals surface area contributed by atoms with Gasteiger partial charge < -0.3 is 18.9 Å². The van der Waals surface area contributed by atoms with Gasteiger partial charge in [-0.3, -0.25) is 11.1 Å². The van der Waals surface area contributed by atoms with Crippen molar-refractivity contribution in [1.29, 1.82) is 0 Å². The highest BCUT2D eigenvalue weighted by molar-refractivity contribution is 5.69. The molecular formula is C41H30N2O4. The zero-order valence-corrected chi connectivity index (χ0v) is 25.6. The fourth-order valence-electron chi connectivity index (χ4n) is 10.6. The molecule has 0 aromatic heterocycles. The second-order valence-corrected chi connectivity index (χ2v) is 14.1. The first-order valence-electron chi connectivity index (χ1n) is 16.4. The smallest absolute Gasteiger partial charge is 0.166 e. The summed E-state index contributed by atoms with van der Waals surface area (Å²) in [6.07, 6.45) is 17.3. The van der Waals surface area contributed by atoms with E-state index in [4.69, 9.17) is 24.7 Å². The number of ether oxygens (including phenoxy) is 4. The number of fused-ring (bicyclic) bond motifs is 23. The Labute approximate surface area is 271 Å². The summed E-state index contributed by atoms with van der Waals surface area (Å²) in [5.74, 6) is 0. The summed E-state index contributed by atoms with van der Waals surface area (Å²) in [6, 6.07) is 33.8. The van der Waals surface area contributed by atoms with Crippen molar-refractivity contribution in [3.63, 3.8) is 0 Å². The van der Waals surface area contributed by atoms with E-state index in [1.54, 1.807) is 0 Å². The molecule has 8 bridgehead atoms. The van der Waals surface area contributed by atoms with Gasteiger partial charge in [0.2, 0.25) is 0 Å². The Morgan fingerprint density at radius 1 is 0.383 bits per heavy atom. The summed E-state index contributed by atoms with van der Waals surface area (Å²) in [6.45, 7) is 0. The van der Waals surface area contributed by atoms with Crippen LogP contribution in [-0.2, 0) is 64.0 Å². The normalized spacial score (nSPS) is 43.6. The van der Waals surface area contributed by atoms with Crippen LogP contribution >= 0.6 is 0 Å². The molecule has 0 aliphatic carbocycles. The lowest BCUT2D eigenvalue weighted by atomic mass is 9.64. The molecule has 8 aliphatic heterocycles. The first kappa shape index (κ1) is 25.7. The molecule has 0 spiro atoms. The monoisotopic (exact) mass is 614 g/mol. The van der Waals surface area contributed by atoms with Crippen LogP contribution in [-0.4, -0.2) is 7.05 Å². The second kappa shape index (κ2) is 7.35. The van der Waals surface area contributed by atoms with Crippen molar-refractivity contribution >= 4 is 0 Å². The third-order valence-corrected chi connectivity index (χ3v) is 12.5. The lowest BCUT2D eigenvalue weighted by Gasteiger charge is -2.44. The molecule has 12 rings (SSSR count). The van der Waals surface area contributed by atoms with E-state index in [2.05, 4.69) is 133 Å². The van der Waals surface area contributed by atoms with Gasteiger partial charge in [0.1, 0.15) is 0 Å². The number of hydrogen-bond donors (Lipinski definition) is 2. The maximum atomic E-state index is 7.73. The summed E-state index contributed by atoms with van der Waals surface area (Å²) in [4.78, 5) is 0. The summed E-state index contributed by atoms with van der Waals surface area (Å²) in [7, 11) is 1.94. The number of nitrogens with one attached hydrogen (secondary N) is 1. The van der Waals surface area contributed by atoms with Crippen LogP contribution in [0.25, 0.3) is 0 Å². The molecule has 8 atom stereocenters. The summed E-state index contributed by atoms with van der Waals surface area (Å²) in [5, 5.41) is 3.46. The van der Waals surface area contributed by atoms with Crippen LogP contribution in [0, 0.1) is 0 Å². The van der Waals surface area contributed by atoms with E-state index in [1.807, 2.05) is 25.3 Å². The van der Waals surface area contributed by atoms with Crippen molar-refractivity contribution in [2.24, 2.45) is 5.73 Å². The Morgan fingerprint density at radius 2 is 0.702 bits per heavy atom. The maximum absolute atomic E-state index is 7.73. The van der Waals surface area contributed by atoms with Gasteiger partial charge in [0.25, 0.3) is 0 Å². The molecular weight excluding hydrogens is 584 g/mol. The van der Waals surface area contributed by atoms with Crippen LogP contribution in [0.4, 0.5) is 0 Å². The van der Waals surface area contributed by atoms with Gasteiger partial charge in [-0.15, -0.1) is 0 Å². The zero-order valence-electron chi connectivity index (χ0n) is 25.6. The van der Waals surface area contributed by atoms with E-state index < -0.39 is 45.1 Å². The van der Waals surface area contributed by atoms with Crippen molar-refractivity contribution in [1.82, 2.24) is 5.32 Å². The molecule has 6 nitrogen and oxygen atoms in total. The van der Waals surface area contributed by atoms with E-state index in [0.29, 0.717) is 0 Å². The van der Waals surface area contributed by atoms with Crippen LogP contribution in [0.2, 0.25) is 0 Å². The first-order chi connectivity index (χ1) is 22.9. The van der Waals surface area contributed by atoms with Crippen LogP contribution in [0.5, 0.6) is 0 Å². The van der Waals surface area contributed by atoms with Gasteiger partial charge in [0, 0.05) is 11.1 Å². The Kier molecular flexibility index (Phi) is 4.01. The molecule has 0 radical (unpaired) electrons. The van der Waals surface area contributed by atoms with Crippen LogP contribution < -0.4 is 11.1 Å². The lowest BCUT2D eigenvalue weighted by molar-refractivity contribution is -0.270. The van der Waals surface area contributed by atoms with E-state index in [-0.39, 0.29) is 0 Å². The average molecular weight is 615 g/mol. The Morgan fingerprint density at radius 3 is 1.17 bits per heavy atom. The third kappa shape index (κ3) is 2.27. The molecule has 47 heavy (non-hydrogen) atoms. The Bertz CT molecular complexity index is 2290. The number of rotatable bonds is 4. The number of likely N-dealkylation sites (N-methyl/N-ethyl adjacent to an activating group) is 1. The standard InChI is InChI=1S/C41H30N2O4/c1-43-41-25-23-39(47-41,31-15-7-9-17-33(31)41)37-21-19-35(45-37,27-11-3-5-13-29(27)37)34-18-20-36(44-34,28-12-4-2-10-26(28)34)38-22-24-40(42,46-38)32-16-8-6-14-30(32)38/h2-25,43H,42H2,1H3. The molecule has 8 aliphatic rings. The second-order valence-electron chi connectivity index (χ2n) is 14.1. The highest BCUT2D eigenvalue weighted by Gasteiger charge is 2.80. The van der Waals surface area contributed by atoms with Crippen molar-refractivity contribution in [3.8, 4) is 0 Å². The molecule has 4 aromatic rings. The van der Waals surface area contributed by atoms with Gasteiger partial charge in [-0.1, -0.05) is 97.1 Å². The van der Waals surface area contributed by atoms with E-state index in [0.717, 1.165) is 44.5 Å². The van der Waals surface area contributed by atoms with E-state index in [1.165, 1.54) is 0 Å². The van der Waals surface area contributed by atoms with E-state index >= 15 is 0 Å². The molecule has 228 valence electrons. The molecule has 8 heterocycles. The van der Waals surface area contributed by atoms with Crippen molar-refractivity contribution in [2.45, 2.75) is 45.1 Å². The predicted octanol–water partition coefficient (Wildman–Crippen LogP) is 5.84. The predicted molar refractivity (Wildman–Crippen MR) is 173 cm³/mol. The van der Waals surface area contributed by atoms with Gasteiger partial charge in [0.05, 0.1) is 0 Å². The SMILES string of the molecule is CNC12C=CC(C34C=CC(C56C=CC(C78C=CC(N)(O7)c7ccccc78)(O5)c5ccccc56)(O3)c3ccccc34)(O1)c1ccccc12. The maximum Gasteiger partial charge on any atom is 0.166 e. The first-order valence-corrected chi connectivity index (χ1v) is 16.4. The Hall–Kier alpha value is -4.40. The Balaban J connectivity index is 1.09. The fourth-order valence-corrected chi connectivity index (χ4v) is 10.6. The van der Waals surface area contributed by atoms with Crippen LogP contribution in [0.15, 0.2) is 146 Å². The molecule has 0 saturated carbocycles. The highest BCUT2D eigenvalue weighted by atomic mass is 16.6. The molecule has 0 amide bonds. The zero-order chi connectivity index (χ0) is 31.1. The van der Waals surface area contributed by atoms with Gasteiger partial charge >= 0.3 is 0 Å². The molecule has 0 fully saturated rings. The number of benzene rings is 4. The van der Waals surface area contributed by atoms with Crippen molar-refractivity contribution in [2.75, 3.05) is 7.05 Å². The minimum Gasteiger partial charge on any atom is -0.343 e. The molecule has 6 heteroatoms. The van der Waals surface area contributed by atoms with Crippen LogP contribution in [0.3, 0.4) is 0 Å². The molecule has 3 N–H and O–H groups in total. The molecule has 4 aromatic carbocycles. The molecule has 0 saturated heterocycles. The molecule has 8 unspecified atom stereocenters. The number of hydrogen-bond acceptors (Lipinski definition) is 6. The summed E-state index contributed by atoms with van der Waals surface area (Å²) in [5.41, 5.74) is 7.82. The third-order valence-electron chi connectivity index (χ3n) is 12.5. The van der Waals surface area contributed by atoms with Gasteiger partial charge in [-0.25, -0.2) is 0 Å². The topological polar surface area (TPSA) is 75.0 Å². The minimum atomic E-state index is -1.02. The van der Waals surface area contributed by atoms with Crippen LogP contribution in [0.1, 0.15) is 44.5 Å². The lowest BCUT2D eigenvalue weighted by Crippen LogP contribution is -2.50. The van der Waals surface area contributed by atoms with Gasteiger partial charge in [-0.05, 0) is 89.0 Å². The van der Waals surface area contributed by atoms with Crippen molar-refractivity contribution < 1.29 is 18.9 Å². The number of nitrogens with two attached hydrogens (primary N) is 1. The largest absolute Gasteiger partial charge is 0.343 e. The van der Waals surface area contributed by atoms with Gasteiger partial charge in [-0.2, -0.15) is 0 Å². The fraction of sp³-hybridized carbons (Fsp3) is 0.220. The van der Waals surface area contributed by atoms with E-state index in [9.17, 15) is 0 Å². The average Bonchev–Trinajstić information content (AvgIpc) is 3.99. The summed E-state index contributed by atoms with van der Waals surface area (Å²) < 4.78 is 29.5. The minimum absolute atomic E-state index is 0.738. The van der Waals surface area contributed by atoms with Crippen molar-refractivity contribution in [3.05, 3.63) is 190 Å².